The van der Waals surface area contributed by atoms with Crippen LogP contribution in [0.2, 0.25) is 0 Å². The maximum absolute atomic E-state index is 11.4. The molecule has 0 N–H and O–H groups in total. The topological polar surface area (TPSA) is 46.6 Å². The smallest absolute Gasteiger partial charge is 0.308 e. The summed E-state index contributed by atoms with van der Waals surface area (Å²) in [6.07, 6.45) is 1.67. The van der Waals surface area contributed by atoms with E-state index in [0.29, 0.717) is 5.75 Å². The molecule has 0 aliphatic carbocycles. The third kappa shape index (κ3) is 2.88. The highest BCUT2D eigenvalue weighted by atomic mass is 16.5. The molecule has 1 heterocycles. The van der Waals surface area contributed by atoms with Gasteiger partial charge in [0.05, 0.1) is 0 Å². The summed E-state index contributed by atoms with van der Waals surface area (Å²) in [7, 11) is 0. The predicted molar refractivity (Wildman–Crippen MR) is 67.4 cm³/mol. The van der Waals surface area contributed by atoms with Gasteiger partial charge in [0.1, 0.15) is 5.75 Å². The molecular weight excluding hydrogens is 230 g/mol. The number of hydrogen-bond donors (Lipinski definition) is 0. The summed E-state index contributed by atoms with van der Waals surface area (Å²) < 4.78 is 5.08. The van der Waals surface area contributed by atoms with E-state index >= 15 is 0 Å². The van der Waals surface area contributed by atoms with Crippen molar-refractivity contribution in [2.24, 2.45) is 0 Å². The zero-order valence-corrected chi connectivity index (χ0v) is 10.7. The van der Waals surface area contributed by atoms with E-state index in [9.17, 15) is 9.59 Å². The molecule has 0 atom stereocenters. The maximum Gasteiger partial charge on any atom is 0.308 e. The molecule has 4 nitrogen and oxygen atoms in total. The molecule has 1 amide bonds. The lowest BCUT2D eigenvalue weighted by Gasteiger charge is -2.17. The predicted octanol–water partition coefficient (Wildman–Crippen LogP) is 1.56. The Kier molecular flexibility index (Phi) is 3.65. The Morgan fingerprint density at radius 2 is 1.78 bits per heavy atom. The summed E-state index contributed by atoms with van der Waals surface area (Å²) in [5.41, 5.74) is 2.40. The Balaban J connectivity index is 2.17. The van der Waals surface area contributed by atoms with Gasteiger partial charge in [-0.15, -0.1) is 0 Å². The highest BCUT2D eigenvalue weighted by molar-refractivity contribution is 5.73. The van der Waals surface area contributed by atoms with Crippen LogP contribution in [0.4, 0.5) is 0 Å². The molecule has 0 fully saturated rings. The number of amides is 1. The summed E-state index contributed by atoms with van der Waals surface area (Å²) in [6, 6.07) is 5.70. The Hall–Kier alpha value is -1.84. The first-order chi connectivity index (χ1) is 8.56. The first-order valence-corrected chi connectivity index (χ1v) is 6.12. The van der Waals surface area contributed by atoms with Gasteiger partial charge in [-0.3, -0.25) is 9.59 Å². The third-order valence-corrected chi connectivity index (χ3v) is 3.19. The fourth-order valence-corrected chi connectivity index (χ4v) is 2.25. The molecule has 0 saturated heterocycles. The molecule has 2 rings (SSSR count). The lowest BCUT2D eigenvalue weighted by molar-refractivity contribution is -0.132. The maximum atomic E-state index is 11.4. The minimum Gasteiger partial charge on any atom is -0.427 e. The van der Waals surface area contributed by atoms with Crippen LogP contribution >= 0.6 is 0 Å². The van der Waals surface area contributed by atoms with Crippen LogP contribution in [0.5, 0.6) is 5.75 Å². The molecule has 18 heavy (non-hydrogen) atoms. The summed E-state index contributed by atoms with van der Waals surface area (Å²) in [6.45, 7) is 4.48. The standard InChI is InChI=1S/C14H17NO3/c1-10(16)15-7-5-12-3-4-14(18-11(2)17)9-13(12)6-8-15/h3-4,9H,5-8H2,1-2H3. The minimum atomic E-state index is -0.311. The number of rotatable bonds is 1. The van der Waals surface area contributed by atoms with Crippen molar-refractivity contribution < 1.29 is 14.3 Å². The summed E-state index contributed by atoms with van der Waals surface area (Å²) in [5.74, 6) is 0.384. The quantitative estimate of drug-likeness (QED) is 0.559. The van der Waals surface area contributed by atoms with Gasteiger partial charge in [-0.25, -0.2) is 0 Å². The van der Waals surface area contributed by atoms with E-state index in [0.717, 1.165) is 31.5 Å². The van der Waals surface area contributed by atoms with E-state index in [1.165, 1.54) is 12.5 Å². The molecule has 1 aliphatic rings. The zero-order valence-electron chi connectivity index (χ0n) is 10.7. The summed E-state index contributed by atoms with van der Waals surface area (Å²) >= 11 is 0. The van der Waals surface area contributed by atoms with Gasteiger partial charge in [-0.2, -0.15) is 0 Å². The van der Waals surface area contributed by atoms with Gasteiger partial charge in [0.15, 0.2) is 0 Å². The Morgan fingerprint density at radius 3 is 2.39 bits per heavy atom. The number of nitrogens with zero attached hydrogens (tertiary/aromatic N) is 1. The van der Waals surface area contributed by atoms with Gasteiger partial charge < -0.3 is 9.64 Å². The van der Waals surface area contributed by atoms with E-state index in [2.05, 4.69) is 0 Å². The van der Waals surface area contributed by atoms with Crippen molar-refractivity contribution in [3.63, 3.8) is 0 Å². The van der Waals surface area contributed by atoms with Crippen LogP contribution in [-0.4, -0.2) is 29.9 Å². The van der Waals surface area contributed by atoms with E-state index in [1.54, 1.807) is 6.92 Å². The van der Waals surface area contributed by atoms with Crippen LogP contribution < -0.4 is 4.74 Å². The highest BCUT2D eigenvalue weighted by Gasteiger charge is 2.16. The van der Waals surface area contributed by atoms with Gasteiger partial charge in [0.25, 0.3) is 0 Å². The first-order valence-electron chi connectivity index (χ1n) is 6.12. The zero-order chi connectivity index (χ0) is 13.1. The number of carbonyl (C=O) groups is 2. The fourth-order valence-electron chi connectivity index (χ4n) is 2.25. The van der Waals surface area contributed by atoms with E-state index < -0.39 is 0 Å². The number of benzene rings is 1. The molecule has 0 saturated carbocycles. The van der Waals surface area contributed by atoms with Crippen molar-refractivity contribution in [2.45, 2.75) is 26.7 Å². The second kappa shape index (κ2) is 5.21. The second-order valence-electron chi connectivity index (χ2n) is 4.53. The van der Waals surface area contributed by atoms with Gasteiger partial charge in [-0.1, -0.05) is 6.07 Å². The van der Waals surface area contributed by atoms with Gasteiger partial charge in [0, 0.05) is 26.9 Å². The molecular formula is C14H17NO3. The number of carbonyl (C=O) groups excluding carboxylic acids is 2. The normalized spacial score (nSPS) is 14.7. The number of ether oxygens (including phenoxy) is 1. The SMILES string of the molecule is CC(=O)Oc1ccc2c(c1)CCN(C(C)=O)CC2. The van der Waals surface area contributed by atoms with Crippen LogP contribution in [0.1, 0.15) is 25.0 Å². The molecule has 96 valence electrons. The fraction of sp³-hybridized carbons (Fsp3) is 0.429. The van der Waals surface area contributed by atoms with E-state index in [-0.39, 0.29) is 11.9 Å². The third-order valence-electron chi connectivity index (χ3n) is 3.19. The Morgan fingerprint density at radius 1 is 1.11 bits per heavy atom. The molecule has 0 unspecified atom stereocenters. The van der Waals surface area contributed by atoms with Crippen LogP contribution in [0.15, 0.2) is 18.2 Å². The molecule has 4 heteroatoms. The van der Waals surface area contributed by atoms with E-state index in [4.69, 9.17) is 4.74 Å². The molecule has 0 aromatic heterocycles. The average Bonchev–Trinajstić information content (AvgIpc) is 2.50. The van der Waals surface area contributed by atoms with Crippen molar-refractivity contribution in [1.29, 1.82) is 0 Å². The number of fused-ring (bicyclic) bond motifs is 1. The molecule has 0 radical (unpaired) electrons. The second-order valence-corrected chi connectivity index (χ2v) is 4.53. The van der Waals surface area contributed by atoms with Crippen LogP contribution in [0.25, 0.3) is 0 Å². The molecule has 0 spiro atoms. The van der Waals surface area contributed by atoms with Crippen molar-refractivity contribution in [1.82, 2.24) is 4.90 Å². The van der Waals surface area contributed by atoms with Gasteiger partial charge in [0.2, 0.25) is 5.91 Å². The monoisotopic (exact) mass is 247 g/mol. The van der Waals surface area contributed by atoms with E-state index in [1.807, 2.05) is 23.1 Å². The van der Waals surface area contributed by atoms with Gasteiger partial charge in [-0.05, 0) is 36.1 Å². The van der Waals surface area contributed by atoms with Crippen LogP contribution in [-0.2, 0) is 22.4 Å². The van der Waals surface area contributed by atoms with Crippen LogP contribution in [0, 0.1) is 0 Å². The molecule has 1 aromatic rings. The lowest BCUT2D eigenvalue weighted by Crippen LogP contribution is -2.30. The molecule has 0 bridgehead atoms. The summed E-state index contributed by atoms with van der Waals surface area (Å²) in [5, 5.41) is 0. The van der Waals surface area contributed by atoms with Crippen LogP contribution in [0.3, 0.4) is 0 Å². The molecule has 1 aromatic carbocycles. The Bertz CT molecular complexity index is 482. The largest absolute Gasteiger partial charge is 0.427 e. The lowest BCUT2D eigenvalue weighted by atomic mass is 10.0. The van der Waals surface area contributed by atoms with Gasteiger partial charge >= 0.3 is 5.97 Å². The molecule has 1 aliphatic heterocycles. The van der Waals surface area contributed by atoms with Crippen molar-refractivity contribution >= 4 is 11.9 Å². The summed E-state index contributed by atoms with van der Waals surface area (Å²) in [4.78, 5) is 24.1. The average molecular weight is 247 g/mol. The Labute approximate surface area is 107 Å². The number of esters is 1. The highest BCUT2D eigenvalue weighted by Crippen LogP contribution is 2.22. The first kappa shape index (κ1) is 12.6. The minimum absolute atomic E-state index is 0.114. The van der Waals surface area contributed by atoms with Crippen molar-refractivity contribution in [2.75, 3.05) is 13.1 Å². The van der Waals surface area contributed by atoms with Crippen molar-refractivity contribution in [3.05, 3.63) is 29.3 Å². The van der Waals surface area contributed by atoms with Crippen molar-refractivity contribution in [3.8, 4) is 5.75 Å². The number of hydrogen-bond acceptors (Lipinski definition) is 3.